The Morgan fingerprint density at radius 3 is 3.00 bits per heavy atom. The van der Waals surface area contributed by atoms with Gasteiger partial charge in [-0.05, 0) is 30.7 Å². The summed E-state index contributed by atoms with van der Waals surface area (Å²) >= 11 is 1.11. The molecule has 5 nitrogen and oxygen atoms in total. The molecule has 104 valence electrons. The number of thioether (sulfide) groups is 1. The summed E-state index contributed by atoms with van der Waals surface area (Å²) in [6.07, 6.45) is 0. The molecule has 1 aliphatic heterocycles. The fourth-order valence-electron chi connectivity index (χ4n) is 1.77. The number of hydrogen-bond acceptors (Lipinski definition) is 4. The lowest BCUT2D eigenvalue weighted by Crippen LogP contribution is -2.38. The van der Waals surface area contributed by atoms with Gasteiger partial charge in [-0.3, -0.25) is 9.59 Å². The molecule has 20 heavy (non-hydrogen) atoms. The van der Waals surface area contributed by atoms with Crippen LogP contribution in [-0.2, 0) is 4.79 Å². The number of carbonyl (C=O) groups is 2. The number of carbonyl (C=O) groups excluding carboxylic acids is 2. The first-order valence-corrected chi connectivity index (χ1v) is 7.03. The van der Waals surface area contributed by atoms with Gasteiger partial charge < -0.3 is 15.7 Å². The van der Waals surface area contributed by atoms with E-state index in [1.165, 1.54) is 0 Å². The highest BCUT2D eigenvalue weighted by Gasteiger charge is 2.28. The summed E-state index contributed by atoms with van der Waals surface area (Å²) in [5.74, 6) is 5.60. The van der Waals surface area contributed by atoms with Gasteiger partial charge in [0.05, 0.1) is 0 Å². The Labute approximate surface area is 121 Å². The molecule has 3 N–H and O–H groups in total. The number of aryl methyl sites for hydroxylation is 1. The van der Waals surface area contributed by atoms with E-state index in [-0.39, 0.29) is 17.8 Å². The second-order valence-corrected chi connectivity index (χ2v) is 5.27. The highest BCUT2D eigenvalue weighted by atomic mass is 32.2. The maximum absolute atomic E-state index is 12.0. The van der Waals surface area contributed by atoms with Gasteiger partial charge in [-0.2, -0.15) is 0 Å². The average molecular weight is 290 g/mol. The van der Waals surface area contributed by atoms with E-state index in [1.807, 2.05) is 13.0 Å². The predicted molar refractivity (Wildman–Crippen MR) is 78.6 cm³/mol. The van der Waals surface area contributed by atoms with E-state index in [9.17, 15) is 9.59 Å². The minimum absolute atomic E-state index is 0.170. The number of aliphatic hydroxyl groups is 1. The highest BCUT2D eigenvalue weighted by Crippen LogP contribution is 2.18. The number of amides is 2. The molecule has 1 saturated heterocycles. The fourth-order valence-corrected chi connectivity index (χ4v) is 2.55. The van der Waals surface area contributed by atoms with Crippen molar-refractivity contribution in [1.29, 1.82) is 0 Å². The van der Waals surface area contributed by atoms with E-state index < -0.39 is 6.04 Å². The molecule has 0 radical (unpaired) electrons. The number of anilines is 1. The zero-order valence-electron chi connectivity index (χ0n) is 10.9. The number of aliphatic hydroxyl groups excluding tert-OH is 1. The lowest BCUT2D eigenvalue weighted by molar-refractivity contribution is -0.117. The van der Waals surface area contributed by atoms with E-state index in [0.717, 1.165) is 22.9 Å². The Balaban J connectivity index is 2.06. The van der Waals surface area contributed by atoms with Gasteiger partial charge in [-0.15, -0.1) is 0 Å². The smallest absolute Gasteiger partial charge is 0.279 e. The van der Waals surface area contributed by atoms with Crippen LogP contribution in [0, 0.1) is 18.8 Å². The average Bonchev–Trinajstić information content (AvgIpc) is 2.86. The molecule has 0 aliphatic carbocycles. The Hall–Kier alpha value is -1.97. The van der Waals surface area contributed by atoms with Gasteiger partial charge in [-0.25, -0.2) is 0 Å². The molecule has 1 fully saturated rings. The summed E-state index contributed by atoms with van der Waals surface area (Å²) in [6.45, 7) is 1.68. The van der Waals surface area contributed by atoms with E-state index in [0.29, 0.717) is 11.4 Å². The molecule has 1 aromatic rings. The Morgan fingerprint density at radius 2 is 2.40 bits per heavy atom. The minimum Gasteiger partial charge on any atom is -0.384 e. The molecular weight excluding hydrogens is 276 g/mol. The monoisotopic (exact) mass is 290 g/mol. The number of nitrogens with one attached hydrogen (secondary N) is 2. The fraction of sp³-hybridized carbons (Fsp3) is 0.286. The van der Waals surface area contributed by atoms with Crippen LogP contribution in [0.4, 0.5) is 10.5 Å². The molecule has 2 amide bonds. The zero-order chi connectivity index (χ0) is 14.5. The second-order valence-electron chi connectivity index (χ2n) is 4.27. The van der Waals surface area contributed by atoms with Crippen molar-refractivity contribution >= 4 is 28.6 Å². The molecule has 1 aromatic carbocycles. The van der Waals surface area contributed by atoms with Crippen molar-refractivity contribution < 1.29 is 14.7 Å². The standard InChI is InChI=1S/C14H14N2O3S/c1-9-7-10(3-2-6-17)4-5-11(9)15-13(18)12-8-20-14(19)16-12/h4-5,7,12,17H,6,8H2,1H3,(H,15,18)(H,16,19). The van der Waals surface area contributed by atoms with Crippen LogP contribution in [0.25, 0.3) is 0 Å². The van der Waals surface area contributed by atoms with Gasteiger partial charge in [0.2, 0.25) is 5.91 Å². The molecule has 6 heteroatoms. The number of rotatable bonds is 2. The topological polar surface area (TPSA) is 78.4 Å². The Morgan fingerprint density at radius 1 is 1.60 bits per heavy atom. The molecule has 1 atom stereocenters. The van der Waals surface area contributed by atoms with E-state index in [2.05, 4.69) is 22.5 Å². The van der Waals surface area contributed by atoms with Gasteiger partial charge in [0.1, 0.15) is 12.6 Å². The van der Waals surface area contributed by atoms with E-state index >= 15 is 0 Å². The number of benzene rings is 1. The quantitative estimate of drug-likeness (QED) is 0.713. The molecule has 0 spiro atoms. The summed E-state index contributed by atoms with van der Waals surface area (Å²) in [5.41, 5.74) is 2.34. The van der Waals surface area contributed by atoms with Crippen LogP contribution in [0.1, 0.15) is 11.1 Å². The molecule has 2 rings (SSSR count). The Bertz CT molecular complexity index is 604. The van der Waals surface area contributed by atoms with Crippen molar-refractivity contribution in [3.63, 3.8) is 0 Å². The third kappa shape index (κ3) is 3.53. The first-order valence-electron chi connectivity index (χ1n) is 6.04. The normalized spacial score (nSPS) is 17.1. The summed E-state index contributed by atoms with van der Waals surface area (Å²) in [6, 6.07) is 4.88. The zero-order valence-corrected chi connectivity index (χ0v) is 11.7. The van der Waals surface area contributed by atoms with Crippen LogP contribution in [0.5, 0.6) is 0 Å². The molecule has 1 unspecified atom stereocenters. The third-order valence-corrected chi connectivity index (χ3v) is 3.67. The second kappa shape index (κ2) is 6.46. The van der Waals surface area contributed by atoms with Gasteiger partial charge >= 0.3 is 0 Å². The van der Waals surface area contributed by atoms with Crippen molar-refractivity contribution in [3.8, 4) is 11.8 Å². The number of hydrogen-bond donors (Lipinski definition) is 3. The first-order chi connectivity index (χ1) is 9.60. The van der Waals surface area contributed by atoms with Crippen LogP contribution in [-0.4, -0.2) is 34.7 Å². The lowest BCUT2D eigenvalue weighted by atomic mass is 10.1. The van der Waals surface area contributed by atoms with Gasteiger partial charge in [0.15, 0.2) is 0 Å². The molecule has 1 heterocycles. The summed E-state index contributed by atoms with van der Waals surface area (Å²) in [5, 5.41) is 13.9. The Kier molecular flexibility index (Phi) is 4.66. The third-order valence-electron chi connectivity index (χ3n) is 2.79. The van der Waals surface area contributed by atoms with Crippen LogP contribution in [0.2, 0.25) is 0 Å². The molecule has 0 saturated carbocycles. The SMILES string of the molecule is Cc1cc(C#CCO)ccc1NC(=O)C1CSC(=O)N1. The summed E-state index contributed by atoms with van der Waals surface area (Å²) in [4.78, 5) is 23.0. The molecule has 1 aliphatic rings. The van der Waals surface area contributed by atoms with Gasteiger partial charge in [0, 0.05) is 17.0 Å². The maximum atomic E-state index is 12.0. The molecular formula is C14H14N2O3S. The minimum atomic E-state index is -0.485. The van der Waals surface area contributed by atoms with Crippen LogP contribution in [0.15, 0.2) is 18.2 Å². The van der Waals surface area contributed by atoms with Crippen LogP contribution < -0.4 is 10.6 Å². The summed E-state index contributed by atoms with van der Waals surface area (Å²) < 4.78 is 0. The van der Waals surface area contributed by atoms with E-state index in [1.54, 1.807) is 12.1 Å². The van der Waals surface area contributed by atoms with Crippen molar-refractivity contribution in [1.82, 2.24) is 5.32 Å². The first kappa shape index (κ1) is 14.4. The van der Waals surface area contributed by atoms with Crippen LogP contribution in [0.3, 0.4) is 0 Å². The molecule has 0 aromatic heterocycles. The lowest BCUT2D eigenvalue weighted by Gasteiger charge is -2.12. The van der Waals surface area contributed by atoms with Crippen molar-refractivity contribution in [2.75, 3.05) is 17.7 Å². The van der Waals surface area contributed by atoms with Crippen molar-refractivity contribution in [3.05, 3.63) is 29.3 Å². The van der Waals surface area contributed by atoms with Crippen molar-refractivity contribution in [2.45, 2.75) is 13.0 Å². The largest absolute Gasteiger partial charge is 0.384 e. The summed E-state index contributed by atoms with van der Waals surface area (Å²) in [7, 11) is 0. The van der Waals surface area contributed by atoms with Gasteiger partial charge in [-0.1, -0.05) is 23.6 Å². The van der Waals surface area contributed by atoms with E-state index in [4.69, 9.17) is 5.11 Å². The van der Waals surface area contributed by atoms with Crippen molar-refractivity contribution in [2.24, 2.45) is 0 Å². The predicted octanol–water partition coefficient (Wildman–Crippen LogP) is 1.10. The maximum Gasteiger partial charge on any atom is 0.279 e. The molecule has 0 bridgehead atoms. The van der Waals surface area contributed by atoms with Gasteiger partial charge in [0.25, 0.3) is 5.24 Å². The van der Waals surface area contributed by atoms with Crippen LogP contribution >= 0.6 is 11.8 Å². The highest BCUT2D eigenvalue weighted by molar-refractivity contribution is 8.14.